The number of nitrogens with zero attached hydrogens (tertiary/aromatic N) is 1. The molecule has 1 aliphatic carbocycles. The Morgan fingerprint density at radius 1 is 0.970 bits per heavy atom. The normalized spacial score (nSPS) is 22.5. The number of carbonyl (C=O) groups is 2. The van der Waals surface area contributed by atoms with Crippen LogP contribution in [0.15, 0.2) is 36.4 Å². The van der Waals surface area contributed by atoms with E-state index in [1.54, 1.807) is 14.2 Å². The van der Waals surface area contributed by atoms with Gasteiger partial charge < -0.3 is 19.7 Å². The highest BCUT2D eigenvalue weighted by Gasteiger charge is 2.46. The van der Waals surface area contributed by atoms with E-state index in [-0.39, 0.29) is 23.9 Å². The molecular weight excluding hydrogens is 416 g/mol. The van der Waals surface area contributed by atoms with Crippen LogP contribution in [0.3, 0.4) is 0 Å². The van der Waals surface area contributed by atoms with E-state index in [0.29, 0.717) is 23.6 Å². The lowest BCUT2D eigenvalue weighted by Crippen LogP contribution is -2.51. The summed E-state index contributed by atoms with van der Waals surface area (Å²) in [5.74, 6) is 0.840. The van der Waals surface area contributed by atoms with E-state index in [4.69, 9.17) is 9.47 Å². The first-order valence-corrected chi connectivity index (χ1v) is 12.1. The molecule has 6 heteroatoms. The van der Waals surface area contributed by atoms with Gasteiger partial charge in [-0.2, -0.15) is 0 Å². The highest BCUT2D eigenvalue weighted by atomic mass is 16.5. The number of rotatable bonds is 4. The second-order valence-corrected chi connectivity index (χ2v) is 9.36. The summed E-state index contributed by atoms with van der Waals surface area (Å²) in [6.45, 7) is 0.577. The van der Waals surface area contributed by atoms with Gasteiger partial charge in [-0.3, -0.25) is 9.59 Å². The molecule has 1 fully saturated rings. The van der Waals surface area contributed by atoms with Crippen LogP contribution in [0.1, 0.15) is 77.5 Å². The zero-order valence-electron chi connectivity index (χ0n) is 19.4. The van der Waals surface area contributed by atoms with Gasteiger partial charge >= 0.3 is 0 Å². The number of ether oxygens (including phenoxy) is 2. The predicted molar refractivity (Wildman–Crippen MR) is 126 cm³/mol. The molecule has 2 atom stereocenters. The van der Waals surface area contributed by atoms with E-state index in [0.717, 1.165) is 48.8 Å². The summed E-state index contributed by atoms with van der Waals surface area (Å²) in [6.07, 6.45) is 7.54. The monoisotopic (exact) mass is 448 g/mol. The van der Waals surface area contributed by atoms with E-state index < -0.39 is 5.92 Å². The van der Waals surface area contributed by atoms with E-state index in [1.807, 2.05) is 41.3 Å². The van der Waals surface area contributed by atoms with Crippen molar-refractivity contribution >= 4 is 11.8 Å². The van der Waals surface area contributed by atoms with Gasteiger partial charge in [0.05, 0.1) is 26.2 Å². The van der Waals surface area contributed by atoms with Crippen molar-refractivity contribution in [3.8, 4) is 11.5 Å². The predicted octanol–water partition coefficient (Wildman–Crippen LogP) is 4.38. The number of hydrogen-bond acceptors (Lipinski definition) is 4. The van der Waals surface area contributed by atoms with Crippen LogP contribution < -0.4 is 14.8 Å². The molecule has 33 heavy (non-hydrogen) atoms. The molecule has 0 aromatic heterocycles. The maximum Gasteiger partial charge on any atom is 0.254 e. The van der Waals surface area contributed by atoms with Gasteiger partial charge in [-0.05, 0) is 54.2 Å². The Hall–Kier alpha value is -3.02. The molecule has 3 aliphatic rings. The van der Waals surface area contributed by atoms with Gasteiger partial charge in [-0.25, -0.2) is 0 Å². The Morgan fingerprint density at radius 3 is 2.39 bits per heavy atom. The zero-order valence-corrected chi connectivity index (χ0v) is 19.4. The second-order valence-electron chi connectivity index (χ2n) is 9.36. The maximum absolute atomic E-state index is 13.9. The third kappa shape index (κ3) is 3.85. The van der Waals surface area contributed by atoms with E-state index >= 15 is 0 Å². The molecule has 1 saturated carbocycles. The molecule has 2 aromatic rings. The number of methoxy groups -OCH3 is 2. The Labute approximate surface area is 195 Å². The topological polar surface area (TPSA) is 67.9 Å². The fourth-order valence-electron chi connectivity index (χ4n) is 5.85. The van der Waals surface area contributed by atoms with Crippen LogP contribution in [-0.2, 0) is 11.2 Å². The van der Waals surface area contributed by atoms with Crippen molar-refractivity contribution in [1.29, 1.82) is 0 Å². The molecular formula is C27H32N2O4. The minimum absolute atomic E-state index is 0.00505. The Bertz CT molecular complexity index is 1060. The van der Waals surface area contributed by atoms with Gasteiger partial charge in [0.2, 0.25) is 5.91 Å². The van der Waals surface area contributed by atoms with Crippen molar-refractivity contribution in [2.75, 3.05) is 20.8 Å². The lowest BCUT2D eigenvalue weighted by Gasteiger charge is -2.45. The molecule has 2 heterocycles. The fourth-order valence-corrected chi connectivity index (χ4v) is 5.85. The van der Waals surface area contributed by atoms with Crippen LogP contribution in [-0.4, -0.2) is 43.5 Å². The molecule has 6 nitrogen and oxygen atoms in total. The summed E-state index contributed by atoms with van der Waals surface area (Å²) in [4.78, 5) is 29.2. The summed E-state index contributed by atoms with van der Waals surface area (Å²) in [7, 11) is 3.24. The molecule has 5 rings (SSSR count). The van der Waals surface area contributed by atoms with Crippen molar-refractivity contribution in [2.45, 2.75) is 62.9 Å². The van der Waals surface area contributed by atoms with Gasteiger partial charge in [-0.1, -0.05) is 43.9 Å². The lowest BCUT2D eigenvalue weighted by molar-refractivity contribution is -0.125. The fraction of sp³-hybridized carbons (Fsp3) is 0.481. The Kier molecular flexibility index (Phi) is 6.00. The molecule has 174 valence electrons. The molecule has 0 unspecified atom stereocenters. The van der Waals surface area contributed by atoms with Crippen LogP contribution in [0.2, 0.25) is 0 Å². The van der Waals surface area contributed by atoms with Crippen molar-refractivity contribution in [2.24, 2.45) is 0 Å². The third-order valence-electron chi connectivity index (χ3n) is 7.51. The van der Waals surface area contributed by atoms with Crippen molar-refractivity contribution in [1.82, 2.24) is 10.2 Å². The first-order valence-electron chi connectivity index (χ1n) is 12.1. The standard InChI is InChI=1S/C27H32N2O4/c1-32-22-15-17-13-14-29-25(21(17)16-23(22)33-2)24(19-11-7-8-12-20(19)27(29)31)26(30)28-18-9-5-3-4-6-10-18/h7-8,11-12,15-16,18,24-25H,3-6,9-10,13-14H2,1-2H3,(H,28,30)/t24-,25+/m0/s1. The molecule has 2 aromatic carbocycles. The average molecular weight is 449 g/mol. The maximum atomic E-state index is 13.9. The van der Waals surface area contributed by atoms with Crippen LogP contribution in [0.25, 0.3) is 0 Å². The third-order valence-corrected chi connectivity index (χ3v) is 7.51. The molecule has 1 N–H and O–H groups in total. The number of benzene rings is 2. The zero-order chi connectivity index (χ0) is 22.9. The van der Waals surface area contributed by atoms with Crippen molar-refractivity contribution in [3.63, 3.8) is 0 Å². The van der Waals surface area contributed by atoms with Crippen LogP contribution >= 0.6 is 0 Å². The van der Waals surface area contributed by atoms with E-state index in [9.17, 15) is 9.59 Å². The summed E-state index contributed by atoms with van der Waals surface area (Å²) < 4.78 is 11.1. The summed E-state index contributed by atoms with van der Waals surface area (Å²) in [5.41, 5.74) is 3.53. The molecule has 2 aliphatic heterocycles. The minimum Gasteiger partial charge on any atom is -0.493 e. The second kappa shape index (κ2) is 9.08. The summed E-state index contributed by atoms with van der Waals surface area (Å²) in [6, 6.07) is 11.4. The number of nitrogens with one attached hydrogen (secondary N) is 1. The largest absolute Gasteiger partial charge is 0.493 e. The Morgan fingerprint density at radius 2 is 1.67 bits per heavy atom. The van der Waals surface area contributed by atoms with Gasteiger partial charge in [0.1, 0.15) is 0 Å². The average Bonchev–Trinajstić information content (AvgIpc) is 3.11. The van der Waals surface area contributed by atoms with E-state index in [1.165, 1.54) is 12.8 Å². The first kappa shape index (κ1) is 21.8. The first-order chi connectivity index (χ1) is 16.1. The number of carbonyl (C=O) groups excluding carboxylic acids is 2. The van der Waals surface area contributed by atoms with Gasteiger partial charge in [0.25, 0.3) is 5.91 Å². The lowest BCUT2D eigenvalue weighted by atomic mass is 9.75. The number of amides is 2. The highest BCUT2D eigenvalue weighted by Crippen LogP contribution is 2.48. The molecule has 0 spiro atoms. The van der Waals surface area contributed by atoms with Gasteiger partial charge in [0.15, 0.2) is 11.5 Å². The number of hydrogen-bond donors (Lipinski definition) is 1. The summed E-state index contributed by atoms with van der Waals surface area (Å²) >= 11 is 0. The molecule has 2 amide bonds. The summed E-state index contributed by atoms with van der Waals surface area (Å²) in [5, 5.41) is 3.37. The van der Waals surface area contributed by atoms with Crippen molar-refractivity contribution < 1.29 is 19.1 Å². The quantitative estimate of drug-likeness (QED) is 0.705. The highest BCUT2D eigenvalue weighted by molar-refractivity contribution is 6.01. The molecule has 0 radical (unpaired) electrons. The van der Waals surface area contributed by atoms with Gasteiger partial charge in [-0.15, -0.1) is 0 Å². The van der Waals surface area contributed by atoms with Crippen molar-refractivity contribution in [3.05, 3.63) is 58.7 Å². The van der Waals surface area contributed by atoms with Gasteiger partial charge in [0, 0.05) is 18.2 Å². The van der Waals surface area contributed by atoms with Crippen LogP contribution in [0.4, 0.5) is 0 Å². The smallest absolute Gasteiger partial charge is 0.254 e. The Balaban J connectivity index is 1.59. The molecule has 0 bridgehead atoms. The minimum atomic E-state index is -0.459. The van der Waals surface area contributed by atoms with Crippen LogP contribution in [0.5, 0.6) is 11.5 Å². The van der Waals surface area contributed by atoms with Crippen LogP contribution in [0, 0.1) is 0 Å². The molecule has 0 saturated heterocycles. The van der Waals surface area contributed by atoms with E-state index in [2.05, 4.69) is 5.32 Å². The number of fused-ring (bicyclic) bond motifs is 4. The SMILES string of the molecule is COc1cc2c(cc1OC)[C@@H]1[C@@H](C(=O)NC3CCCCCC3)c3ccccc3C(=O)N1CC2.